The molecule has 2 amide bonds. The number of nitrogens with one attached hydrogen (secondary N) is 1. The minimum atomic E-state index is -1.13. The van der Waals surface area contributed by atoms with Crippen LogP contribution in [-0.2, 0) is 19.1 Å². The fraction of sp³-hybridized carbons (Fsp3) is 0.750. The maximum absolute atomic E-state index is 12.1. The Labute approximate surface area is 117 Å². The zero-order chi connectivity index (χ0) is 15.1. The van der Waals surface area contributed by atoms with Crippen LogP contribution in [-0.4, -0.2) is 67.4 Å². The van der Waals surface area contributed by atoms with E-state index in [0.29, 0.717) is 19.4 Å². The van der Waals surface area contributed by atoms with Crippen LogP contribution in [0.2, 0.25) is 0 Å². The lowest BCUT2D eigenvalue weighted by atomic mass is 10.2. The van der Waals surface area contributed by atoms with Gasteiger partial charge in [-0.25, -0.2) is 14.4 Å². The van der Waals surface area contributed by atoms with Gasteiger partial charge >= 0.3 is 18.0 Å². The number of ether oxygens (including phenoxy) is 2. The first-order valence-electron chi connectivity index (χ1n) is 6.38. The number of amides is 2. The monoisotopic (exact) mass is 288 g/mol. The van der Waals surface area contributed by atoms with Gasteiger partial charge in [-0.05, 0) is 12.8 Å². The van der Waals surface area contributed by atoms with Gasteiger partial charge in [0.05, 0.1) is 7.11 Å². The zero-order valence-electron chi connectivity index (χ0n) is 11.6. The predicted octanol–water partition coefficient (Wildman–Crippen LogP) is -0.177. The first-order chi connectivity index (χ1) is 9.51. The molecule has 2 unspecified atom stereocenters. The zero-order valence-corrected chi connectivity index (χ0v) is 11.6. The highest BCUT2D eigenvalue weighted by molar-refractivity contribution is 5.87. The second-order valence-electron chi connectivity index (χ2n) is 4.50. The molecule has 0 aromatic rings. The summed E-state index contributed by atoms with van der Waals surface area (Å²) in [6.07, 6.45) is 1.37. The summed E-state index contributed by atoms with van der Waals surface area (Å²) >= 11 is 0. The molecule has 2 N–H and O–H groups in total. The minimum Gasteiger partial charge on any atom is -0.480 e. The summed E-state index contributed by atoms with van der Waals surface area (Å²) < 4.78 is 9.44. The number of nitrogens with zero attached hydrogens (tertiary/aromatic N) is 1. The third-order valence-electron chi connectivity index (χ3n) is 3.19. The number of likely N-dealkylation sites (tertiary alicyclic amines) is 1. The fourth-order valence-corrected chi connectivity index (χ4v) is 2.12. The van der Waals surface area contributed by atoms with Crippen LogP contribution in [0.1, 0.15) is 19.3 Å². The number of carboxylic acids is 1. The molecule has 0 bridgehead atoms. The number of rotatable bonds is 6. The molecule has 0 aromatic heterocycles. The molecule has 8 heteroatoms. The van der Waals surface area contributed by atoms with Crippen LogP contribution in [0.3, 0.4) is 0 Å². The Morgan fingerprint density at radius 3 is 2.65 bits per heavy atom. The van der Waals surface area contributed by atoms with Crippen LogP contribution in [0, 0.1) is 0 Å². The second kappa shape index (κ2) is 7.68. The van der Waals surface area contributed by atoms with Gasteiger partial charge < -0.3 is 24.8 Å². The number of aliphatic carboxylic acids is 1. The SMILES string of the molecule is COCCC(NC(=O)N1CCCC1C(=O)OC)C(=O)O. The van der Waals surface area contributed by atoms with E-state index < -0.39 is 30.1 Å². The van der Waals surface area contributed by atoms with Crippen molar-refractivity contribution >= 4 is 18.0 Å². The quantitative estimate of drug-likeness (QED) is 0.657. The summed E-state index contributed by atoms with van der Waals surface area (Å²) in [7, 11) is 2.71. The van der Waals surface area contributed by atoms with Crippen LogP contribution < -0.4 is 5.32 Å². The van der Waals surface area contributed by atoms with E-state index in [-0.39, 0.29) is 13.0 Å². The molecule has 0 spiro atoms. The van der Waals surface area contributed by atoms with Crippen molar-refractivity contribution in [3.8, 4) is 0 Å². The van der Waals surface area contributed by atoms with Crippen molar-refractivity contribution in [2.45, 2.75) is 31.3 Å². The van der Waals surface area contributed by atoms with Gasteiger partial charge in [0.2, 0.25) is 0 Å². The number of hydrogen-bond acceptors (Lipinski definition) is 5. The van der Waals surface area contributed by atoms with Crippen LogP contribution in [0.15, 0.2) is 0 Å². The van der Waals surface area contributed by atoms with Gasteiger partial charge in [-0.1, -0.05) is 0 Å². The maximum Gasteiger partial charge on any atom is 0.328 e. The molecule has 1 saturated heterocycles. The Hall–Kier alpha value is -1.83. The second-order valence-corrected chi connectivity index (χ2v) is 4.50. The van der Waals surface area contributed by atoms with E-state index in [1.54, 1.807) is 0 Å². The maximum atomic E-state index is 12.1. The van der Waals surface area contributed by atoms with Crippen molar-refractivity contribution in [3.63, 3.8) is 0 Å². The van der Waals surface area contributed by atoms with Crippen molar-refractivity contribution in [2.24, 2.45) is 0 Å². The van der Waals surface area contributed by atoms with Crippen LogP contribution >= 0.6 is 0 Å². The summed E-state index contributed by atoms with van der Waals surface area (Å²) in [6, 6.07) is -2.25. The van der Waals surface area contributed by atoms with Gasteiger partial charge in [-0.15, -0.1) is 0 Å². The molecule has 114 valence electrons. The van der Waals surface area contributed by atoms with E-state index in [1.165, 1.54) is 19.1 Å². The van der Waals surface area contributed by atoms with Gasteiger partial charge in [0.25, 0.3) is 0 Å². The molecule has 1 aliphatic rings. The first-order valence-corrected chi connectivity index (χ1v) is 6.38. The summed E-state index contributed by atoms with van der Waals surface area (Å²) in [6.45, 7) is 0.625. The average Bonchev–Trinajstić information content (AvgIpc) is 2.91. The lowest BCUT2D eigenvalue weighted by Gasteiger charge is -2.25. The van der Waals surface area contributed by atoms with Crippen LogP contribution in [0.25, 0.3) is 0 Å². The number of carbonyl (C=O) groups is 3. The lowest BCUT2D eigenvalue weighted by molar-refractivity contribution is -0.144. The smallest absolute Gasteiger partial charge is 0.328 e. The summed E-state index contributed by atoms with van der Waals surface area (Å²) in [5, 5.41) is 11.4. The predicted molar refractivity (Wildman–Crippen MR) is 68.2 cm³/mol. The molecule has 1 rings (SSSR count). The van der Waals surface area contributed by atoms with Gasteiger partial charge in [0.1, 0.15) is 12.1 Å². The lowest BCUT2D eigenvalue weighted by Crippen LogP contribution is -2.51. The Bertz CT molecular complexity index is 373. The van der Waals surface area contributed by atoms with E-state index in [2.05, 4.69) is 10.1 Å². The van der Waals surface area contributed by atoms with Gasteiger partial charge in [0.15, 0.2) is 0 Å². The number of carboxylic acid groups (broad SMARTS) is 1. The van der Waals surface area contributed by atoms with Gasteiger partial charge in [0, 0.05) is 26.7 Å². The number of methoxy groups -OCH3 is 2. The largest absolute Gasteiger partial charge is 0.480 e. The molecular weight excluding hydrogens is 268 g/mol. The highest BCUT2D eigenvalue weighted by Crippen LogP contribution is 2.18. The normalized spacial score (nSPS) is 19.5. The first kappa shape index (κ1) is 16.2. The Morgan fingerprint density at radius 1 is 1.40 bits per heavy atom. The number of urea groups is 1. The van der Waals surface area contributed by atoms with Gasteiger partial charge in [-0.2, -0.15) is 0 Å². The summed E-state index contributed by atoms with van der Waals surface area (Å²) in [4.78, 5) is 36.0. The number of carbonyl (C=O) groups excluding carboxylic acids is 2. The van der Waals surface area contributed by atoms with Crippen molar-refractivity contribution in [3.05, 3.63) is 0 Å². The average molecular weight is 288 g/mol. The third-order valence-corrected chi connectivity index (χ3v) is 3.19. The molecule has 0 aromatic carbocycles. The standard InChI is InChI=1S/C12H20N2O6/c1-19-7-5-8(10(15)16)13-12(18)14-6-3-4-9(14)11(17)20-2/h8-9H,3-7H2,1-2H3,(H,13,18)(H,15,16). The molecule has 0 radical (unpaired) electrons. The molecule has 0 aliphatic carbocycles. The van der Waals surface area contributed by atoms with Crippen LogP contribution in [0.5, 0.6) is 0 Å². The Kier molecular flexibility index (Phi) is 6.23. The topological polar surface area (TPSA) is 105 Å². The van der Waals surface area contributed by atoms with E-state index in [0.717, 1.165) is 0 Å². The highest BCUT2D eigenvalue weighted by Gasteiger charge is 2.36. The van der Waals surface area contributed by atoms with E-state index in [9.17, 15) is 14.4 Å². The molecule has 1 aliphatic heterocycles. The van der Waals surface area contributed by atoms with Crippen molar-refractivity contribution in [1.82, 2.24) is 10.2 Å². The molecule has 8 nitrogen and oxygen atoms in total. The Morgan fingerprint density at radius 2 is 2.10 bits per heavy atom. The number of esters is 1. The fourth-order valence-electron chi connectivity index (χ4n) is 2.12. The van der Waals surface area contributed by atoms with Crippen molar-refractivity contribution in [2.75, 3.05) is 27.4 Å². The van der Waals surface area contributed by atoms with Gasteiger partial charge in [-0.3, -0.25) is 0 Å². The molecule has 0 saturated carbocycles. The molecule has 20 heavy (non-hydrogen) atoms. The summed E-state index contributed by atoms with van der Waals surface area (Å²) in [5.74, 6) is -1.62. The third kappa shape index (κ3) is 4.09. The van der Waals surface area contributed by atoms with Crippen molar-refractivity contribution in [1.29, 1.82) is 0 Å². The molecule has 2 atom stereocenters. The highest BCUT2D eigenvalue weighted by atomic mass is 16.5. The molecule has 1 heterocycles. The number of hydrogen-bond donors (Lipinski definition) is 2. The molecule has 1 fully saturated rings. The van der Waals surface area contributed by atoms with Crippen LogP contribution in [0.4, 0.5) is 4.79 Å². The summed E-state index contributed by atoms with van der Waals surface area (Å²) in [5.41, 5.74) is 0. The van der Waals surface area contributed by atoms with E-state index in [1.807, 2.05) is 0 Å². The van der Waals surface area contributed by atoms with E-state index in [4.69, 9.17) is 9.84 Å². The van der Waals surface area contributed by atoms with E-state index >= 15 is 0 Å². The minimum absolute atomic E-state index is 0.161. The van der Waals surface area contributed by atoms with Crippen molar-refractivity contribution < 1.29 is 29.0 Å². The Balaban J connectivity index is 2.63. The molecular formula is C12H20N2O6.